The highest BCUT2D eigenvalue weighted by atomic mass is 32.2. The summed E-state index contributed by atoms with van der Waals surface area (Å²) in [6.45, 7) is 2.70. The van der Waals surface area contributed by atoms with Crippen molar-refractivity contribution in [1.29, 1.82) is 0 Å². The first-order chi connectivity index (χ1) is 18.3. The number of carbonyl (C=O) groups is 2. The Morgan fingerprint density at radius 2 is 1.63 bits per heavy atom. The van der Waals surface area contributed by atoms with Gasteiger partial charge in [-0.05, 0) is 42.3 Å². The van der Waals surface area contributed by atoms with Crippen molar-refractivity contribution >= 4 is 43.7 Å². The highest BCUT2D eigenvalue weighted by Crippen LogP contribution is 2.41. The Bertz CT molecular complexity index is 1860. The zero-order chi connectivity index (χ0) is 26.6. The number of fused-ring (bicyclic) bond motifs is 5. The van der Waals surface area contributed by atoms with Crippen LogP contribution in [0.25, 0.3) is 21.8 Å². The van der Waals surface area contributed by atoms with Crippen molar-refractivity contribution in [3.05, 3.63) is 113 Å². The Morgan fingerprint density at radius 3 is 2.34 bits per heavy atom. The average Bonchev–Trinajstić information content (AvgIpc) is 3.44. The Balaban J connectivity index is 1.65. The third kappa shape index (κ3) is 3.60. The van der Waals surface area contributed by atoms with Crippen molar-refractivity contribution in [2.24, 2.45) is 0 Å². The molecule has 1 aliphatic heterocycles. The molecule has 0 saturated heterocycles. The summed E-state index contributed by atoms with van der Waals surface area (Å²) in [5.41, 5.74) is 3.81. The lowest BCUT2D eigenvalue weighted by molar-refractivity contribution is 0.0602. The van der Waals surface area contributed by atoms with E-state index >= 15 is 0 Å². The SMILES string of the molecule is COC(=O)c1cc2c(c3c4ccccc4n(S(=O)(=O)c4ccccc4)c13)C(=O)N(Cc1ccc(C)cc1)C2. The molecule has 0 aliphatic carbocycles. The molecule has 6 rings (SSSR count). The monoisotopic (exact) mass is 524 g/mol. The van der Waals surface area contributed by atoms with Crippen LogP contribution in [0.1, 0.15) is 37.4 Å². The second-order valence-electron chi connectivity index (χ2n) is 9.42. The number of para-hydroxylation sites is 1. The molecule has 0 saturated carbocycles. The summed E-state index contributed by atoms with van der Waals surface area (Å²) in [7, 11) is -2.87. The van der Waals surface area contributed by atoms with E-state index in [1.165, 1.54) is 23.2 Å². The van der Waals surface area contributed by atoms with Crippen LogP contribution in [0, 0.1) is 6.92 Å². The molecule has 4 aromatic carbocycles. The molecule has 1 amide bonds. The van der Waals surface area contributed by atoms with Gasteiger partial charge in [-0.3, -0.25) is 4.79 Å². The highest BCUT2D eigenvalue weighted by Gasteiger charge is 2.36. The number of benzene rings is 4. The van der Waals surface area contributed by atoms with Gasteiger partial charge in [0.05, 0.1) is 34.2 Å². The van der Waals surface area contributed by atoms with Gasteiger partial charge in [-0.15, -0.1) is 0 Å². The van der Waals surface area contributed by atoms with Crippen LogP contribution < -0.4 is 0 Å². The minimum atomic E-state index is -4.13. The van der Waals surface area contributed by atoms with E-state index in [4.69, 9.17) is 4.74 Å². The summed E-state index contributed by atoms with van der Waals surface area (Å²) in [5.74, 6) is -0.878. The molecule has 7 nitrogen and oxygen atoms in total. The van der Waals surface area contributed by atoms with E-state index in [0.29, 0.717) is 40.5 Å². The number of hydrogen-bond acceptors (Lipinski definition) is 5. The standard InChI is InChI=1S/C30H24N2O5S/c1-19-12-14-20(15-13-19)17-31-18-21-16-24(30(34)37-2)28-27(26(21)29(31)33)23-10-6-7-11-25(23)32(28)38(35,36)22-8-4-3-5-9-22/h3-16H,17-18H2,1-2H3. The largest absolute Gasteiger partial charge is 0.465 e. The molecule has 0 radical (unpaired) electrons. The molecule has 0 spiro atoms. The quantitative estimate of drug-likeness (QED) is 0.292. The van der Waals surface area contributed by atoms with E-state index in [1.807, 2.05) is 31.2 Å². The summed E-state index contributed by atoms with van der Waals surface area (Å²) in [4.78, 5) is 28.7. The van der Waals surface area contributed by atoms with Crippen molar-refractivity contribution in [3.8, 4) is 0 Å². The van der Waals surface area contributed by atoms with Gasteiger partial charge < -0.3 is 9.64 Å². The Hall–Kier alpha value is -4.43. The van der Waals surface area contributed by atoms with E-state index < -0.39 is 16.0 Å². The topological polar surface area (TPSA) is 85.7 Å². The second kappa shape index (κ2) is 8.85. The molecule has 38 heavy (non-hydrogen) atoms. The van der Waals surface area contributed by atoms with Gasteiger partial charge in [-0.25, -0.2) is 17.2 Å². The van der Waals surface area contributed by atoms with Crippen LogP contribution in [-0.2, 0) is 27.8 Å². The number of ether oxygens (including phenoxy) is 1. The molecule has 1 aliphatic rings. The van der Waals surface area contributed by atoms with Gasteiger partial charge in [-0.2, -0.15) is 0 Å². The fourth-order valence-corrected chi connectivity index (χ4v) is 6.80. The average molecular weight is 525 g/mol. The molecule has 8 heteroatoms. The fourth-order valence-electron chi connectivity index (χ4n) is 5.24. The predicted octanol–water partition coefficient (Wildman–Crippen LogP) is 5.28. The van der Waals surface area contributed by atoms with Crippen LogP contribution in [0.15, 0.2) is 89.8 Å². The van der Waals surface area contributed by atoms with Gasteiger partial charge in [0.25, 0.3) is 15.9 Å². The van der Waals surface area contributed by atoms with Crippen molar-refractivity contribution < 1.29 is 22.7 Å². The van der Waals surface area contributed by atoms with Gasteiger partial charge in [0.1, 0.15) is 0 Å². The van der Waals surface area contributed by atoms with Gasteiger partial charge in [0.2, 0.25) is 0 Å². The van der Waals surface area contributed by atoms with E-state index in [0.717, 1.165) is 11.1 Å². The van der Waals surface area contributed by atoms with Crippen LogP contribution >= 0.6 is 0 Å². The molecular weight excluding hydrogens is 500 g/mol. The lowest BCUT2D eigenvalue weighted by atomic mass is 9.98. The van der Waals surface area contributed by atoms with Gasteiger partial charge in [0.15, 0.2) is 0 Å². The van der Waals surface area contributed by atoms with Crippen LogP contribution in [0.3, 0.4) is 0 Å². The number of amides is 1. The minimum Gasteiger partial charge on any atom is -0.465 e. The first kappa shape index (κ1) is 23.9. The zero-order valence-electron chi connectivity index (χ0n) is 20.8. The molecule has 0 unspecified atom stereocenters. The molecule has 1 aromatic heterocycles. The minimum absolute atomic E-state index is 0.0753. The van der Waals surface area contributed by atoms with E-state index in [-0.39, 0.29) is 21.9 Å². The van der Waals surface area contributed by atoms with Crippen LogP contribution in [0.5, 0.6) is 0 Å². The van der Waals surface area contributed by atoms with Gasteiger partial charge >= 0.3 is 5.97 Å². The number of hydrogen-bond donors (Lipinski definition) is 0. The highest BCUT2D eigenvalue weighted by molar-refractivity contribution is 7.90. The fraction of sp³-hybridized carbons (Fsp3) is 0.133. The third-order valence-electron chi connectivity index (χ3n) is 7.02. The Kier molecular flexibility index (Phi) is 5.57. The zero-order valence-corrected chi connectivity index (χ0v) is 21.7. The number of aromatic nitrogens is 1. The van der Waals surface area contributed by atoms with E-state index in [1.54, 1.807) is 53.4 Å². The van der Waals surface area contributed by atoms with Gasteiger partial charge in [-0.1, -0.05) is 66.2 Å². The maximum atomic E-state index is 14.0. The normalized spacial score (nSPS) is 13.3. The molecular formula is C30H24N2O5S. The molecule has 190 valence electrons. The van der Waals surface area contributed by atoms with E-state index in [2.05, 4.69) is 0 Å². The van der Waals surface area contributed by atoms with Crippen molar-refractivity contribution in [3.63, 3.8) is 0 Å². The molecule has 0 N–H and O–H groups in total. The molecule has 0 bridgehead atoms. The van der Waals surface area contributed by atoms with Crippen LogP contribution in [-0.4, -0.2) is 36.3 Å². The second-order valence-corrected chi connectivity index (χ2v) is 11.2. The number of aryl methyl sites for hydroxylation is 1. The van der Waals surface area contributed by atoms with Crippen LogP contribution in [0.2, 0.25) is 0 Å². The summed E-state index contributed by atoms with van der Waals surface area (Å²) in [6.07, 6.45) is 0. The molecule has 0 fully saturated rings. The summed E-state index contributed by atoms with van der Waals surface area (Å²) < 4.78 is 34.3. The molecule has 5 aromatic rings. The molecule has 0 atom stereocenters. The van der Waals surface area contributed by atoms with Crippen molar-refractivity contribution in [2.75, 3.05) is 7.11 Å². The van der Waals surface area contributed by atoms with Crippen LogP contribution in [0.4, 0.5) is 0 Å². The summed E-state index contributed by atoms with van der Waals surface area (Å²) in [6, 6.07) is 24.6. The predicted molar refractivity (Wildman–Crippen MR) is 145 cm³/mol. The van der Waals surface area contributed by atoms with Crippen molar-refractivity contribution in [1.82, 2.24) is 8.87 Å². The van der Waals surface area contributed by atoms with E-state index in [9.17, 15) is 18.0 Å². The maximum Gasteiger partial charge on any atom is 0.340 e. The van der Waals surface area contributed by atoms with Crippen molar-refractivity contribution in [2.45, 2.75) is 24.9 Å². The first-order valence-electron chi connectivity index (χ1n) is 12.1. The first-order valence-corrected chi connectivity index (χ1v) is 13.6. The number of carbonyl (C=O) groups excluding carboxylic acids is 2. The molecule has 2 heterocycles. The Morgan fingerprint density at radius 1 is 0.947 bits per heavy atom. The lowest BCUT2D eigenvalue weighted by Crippen LogP contribution is -2.23. The lowest BCUT2D eigenvalue weighted by Gasteiger charge is -2.15. The number of methoxy groups -OCH3 is 1. The number of esters is 1. The van der Waals surface area contributed by atoms with Gasteiger partial charge in [0, 0.05) is 23.9 Å². The Labute approximate surface area is 219 Å². The third-order valence-corrected chi connectivity index (χ3v) is 8.75. The maximum absolute atomic E-state index is 14.0. The summed E-state index contributed by atoms with van der Waals surface area (Å²) in [5, 5.41) is 1.02. The number of nitrogens with zero attached hydrogens (tertiary/aromatic N) is 2. The summed E-state index contributed by atoms with van der Waals surface area (Å²) >= 11 is 0. The number of rotatable bonds is 5. The smallest absolute Gasteiger partial charge is 0.340 e.